The fraction of sp³-hybridized carbons (Fsp3) is 0.514. The van der Waals surface area contributed by atoms with Gasteiger partial charge in [0.05, 0.1) is 11.8 Å². The summed E-state index contributed by atoms with van der Waals surface area (Å²) in [6.45, 7) is 10.7. The van der Waals surface area contributed by atoms with Gasteiger partial charge in [-0.15, -0.1) is 6.58 Å². The molecule has 3 heterocycles. The molecule has 4 aliphatic rings. The van der Waals surface area contributed by atoms with Gasteiger partial charge in [-0.05, 0) is 55.9 Å². The summed E-state index contributed by atoms with van der Waals surface area (Å²) in [7, 11) is -3.89. The molecule has 14 nitrogen and oxygen atoms in total. The van der Waals surface area contributed by atoms with Crippen molar-refractivity contribution in [1.82, 2.24) is 25.2 Å². The molecule has 0 radical (unpaired) electrons. The summed E-state index contributed by atoms with van der Waals surface area (Å²) in [5.41, 5.74) is -1.16. The van der Waals surface area contributed by atoms with Crippen LogP contribution in [-0.4, -0.2) is 90.3 Å². The first-order valence-electron chi connectivity index (χ1n) is 16.7. The van der Waals surface area contributed by atoms with E-state index in [0.29, 0.717) is 35.6 Å². The van der Waals surface area contributed by atoms with Crippen LogP contribution in [-0.2, 0) is 29.1 Å². The Balaban J connectivity index is 1.34. The zero-order valence-corrected chi connectivity index (χ0v) is 29.3. The summed E-state index contributed by atoms with van der Waals surface area (Å²) in [6, 6.07) is 8.42. The number of ether oxygens (including phenoxy) is 3. The Morgan fingerprint density at radius 1 is 1.14 bits per heavy atom. The highest BCUT2D eigenvalue weighted by molar-refractivity contribution is 7.91. The molecule has 6 atom stereocenters. The number of pyridine rings is 1. The van der Waals surface area contributed by atoms with Gasteiger partial charge in [-0.2, -0.15) is 0 Å². The van der Waals surface area contributed by atoms with Gasteiger partial charge in [-0.25, -0.2) is 13.2 Å². The van der Waals surface area contributed by atoms with Crippen LogP contribution in [0.4, 0.5) is 4.79 Å². The number of hydrogen-bond acceptors (Lipinski definition) is 10. The molecule has 15 heteroatoms. The van der Waals surface area contributed by atoms with Gasteiger partial charge < -0.3 is 29.7 Å². The van der Waals surface area contributed by atoms with Gasteiger partial charge in [-0.3, -0.25) is 24.1 Å². The number of benzene rings is 1. The number of hydrogen-bond donors (Lipinski definition) is 3. The maximum atomic E-state index is 14.4. The van der Waals surface area contributed by atoms with Gasteiger partial charge in [0.15, 0.2) is 0 Å². The molecule has 2 aliphatic heterocycles. The van der Waals surface area contributed by atoms with Crippen LogP contribution < -0.4 is 24.8 Å². The Bertz CT molecular complexity index is 1810. The lowest BCUT2D eigenvalue weighted by molar-refractivity contribution is -0.142. The van der Waals surface area contributed by atoms with Crippen LogP contribution in [0.5, 0.6) is 11.5 Å². The van der Waals surface area contributed by atoms with Crippen LogP contribution in [0.2, 0.25) is 0 Å². The average Bonchev–Trinajstić information content (AvgIpc) is 3.98. The minimum absolute atomic E-state index is 0.0325. The Hall–Kier alpha value is -4.66. The molecule has 4 amide bonds. The second-order valence-corrected chi connectivity index (χ2v) is 16.5. The average molecular weight is 710 g/mol. The highest BCUT2D eigenvalue weighted by Crippen LogP contribution is 2.45. The van der Waals surface area contributed by atoms with E-state index in [1.807, 2.05) is 6.07 Å². The van der Waals surface area contributed by atoms with Crippen molar-refractivity contribution in [1.29, 1.82) is 0 Å². The summed E-state index contributed by atoms with van der Waals surface area (Å²) < 4.78 is 45.4. The van der Waals surface area contributed by atoms with Crippen molar-refractivity contribution in [2.75, 3.05) is 13.2 Å². The number of nitrogens with zero attached hydrogens (tertiary/aromatic N) is 2. The SMILES string of the molecule is C=C[C@@H]1CC1(NC(=O)[C@@H]1CC2CN1C(=O)[C@H](C(C)(C)C)NC(=O)OC[C@@H](C)Oc1cccc(c1)-c1ncccc1O2)C(=O)NS(=O)(=O)C1CC1. The molecule has 6 rings (SSSR count). The number of alkyl carbamates (subject to hydrolysis) is 1. The van der Waals surface area contributed by atoms with Gasteiger partial charge >= 0.3 is 6.09 Å². The Labute approximate surface area is 291 Å². The van der Waals surface area contributed by atoms with Crippen molar-refractivity contribution >= 4 is 33.8 Å². The number of sulfonamides is 1. The molecule has 268 valence electrons. The van der Waals surface area contributed by atoms with Crippen LogP contribution in [0.15, 0.2) is 55.3 Å². The van der Waals surface area contributed by atoms with Crippen LogP contribution in [0.3, 0.4) is 0 Å². The molecule has 1 aromatic heterocycles. The number of nitrogens with one attached hydrogen (secondary N) is 3. The molecular weight excluding hydrogens is 666 g/mol. The number of cyclic esters (lactones) is 1. The third-order valence-corrected chi connectivity index (χ3v) is 11.2. The fourth-order valence-corrected chi connectivity index (χ4v) is 7.79. The van der Waals surface area contributed by atoms with E-state index in [-0.39, 0.29) is 26.0 Å². The van der Waals surface area contributed by atoms with Gasteiger partial charge in [0.1, 0.15) is 53.6 Å². The minimum Gasteiger partial charge on any atom is -0.487 e. The van der Waals surface area contributed by atoms with E-state index in [9.17, 15) is 27.6 Å². The van der Waals surface area contributed by atoms with Gasteiger partial charge in [0.25, 0.3) is 5.91 Å². The molecule has 2 unspecified atom stereocenters. The van der Waals surface area contributed by atoms with Crippen molar-refractivity contribution in [2.45, 2.75) is 88.5 Å². The Morgan fingerprint density at radius 3 is 2.58 bits per heavy atom. The van der Waals surface area contributed by atoms with Gasteiger partial charge in [0.2, 0.25) is 21.8 Å². The second kappa shape index (κ2) is 13.2. The smallest absolute Gasteiger partial charge is 0.407 e. The zero-order valence-electron chi connectivity index (χ0n) is 28.5. The topological polar surface area (TPSA) is 182 Å². The minimum atomic E-state index is -3.89. The predicted octanol–water partition coefficient (Wildman–Crippen LogP) is 2.69. The van der Waals surface area contributed by atoms with Crippen molar-refractivity contribution in [3.05, 3.63) is 55.3 Å². The summed E-state index contributed by atoms with van der Waals surface area (Å²) >= 11 is 0. The van der Waals surface area contributed by atoms with E-state index < -0.39 is 80.3 Å². The monoisotopic (exact) mass is 709 g/mol. The molecule has 1 aromatic carbocycles. The Morgan fingerprint density at radius 2 is 1.90 bits per heavy atom. The van der Waals surface area contributed by atoms with Gasteiger partial charge in [-0.1, -0.05) is 39.0 Å². The molecule has 0 spiro atoms. The molecule has 4 bridgehead atoms. The highest BCUT2D eigenvalue weighted by atomic mass is 32.2. The molecule has 50 heavy (non-hydrogen) atoms. The largest absolute Gasteiger partial charge is 0.487 e. The van der Waals surface area contributed by atoms with E-state index in [4.69, 9.17) is 14.2 Å². The van der Waals surface area contributed by atoms with E-state index in [0.717, 1.165) is 0 Å². The van der Waals surface area contributed by atoms with Crippen LogP contribution in [0, 0.1) is 11.3 Å². The van der Waals surface area contributed by atoms with Crippen molar-refractivity contribution in [3.63, 3.8) is 0 Å². The van der Waals surface area contributed by atoms with Crippen molar-refractivity contribution in [3.8, 4) is 22.8 Å². The Kier molecular flexibility index (Phi) is 9.31. The predicted molar refractivity (Wildman–Crippen MR) is 181 cm³/mol. The summed E-state index contributed by atoms with van der Waals surface area (Å²) in [5.74, 6) is -1.64. The summed E-state index contributed by atoms with van der Waals surface area (Å²) in [6.07, 6.45) is 2.15. The second-order valence-electron chi connectivity index (χ2n) is 14.5. The number of carbonyl (C=O) groups excluding carboxylic acids is 4. The number of carbonyl (C=O) groups is 4. The lowest BCUT2D eigenvalue weighted by Crippen LogP contribution is -2.60. The van der Waals surface area contributed by atoms with Crippen LogP contribution >= 0.6 is 0 Å². The lowest BCUT2D eigenvalue weighted by Gasteiger charge is -2.35. The highest BCUT2D eigenvalue weighted by Gasteiger charge is 2.62. The van der Waals surface area contributed by atoms with E-state index in [1.54, 1.807) is 64.2 Å². The quantitative estimate of drug-likeness (QED) is 0.377. The molecular formula is C35H43N5O9S. The molecule has 1 saturated heterocycles. The van der Waals surface area contributed by atoms with E-state index >= 15 is 0 Å². The number of rotatable bonds is 6. The molecule has 3 fully saturated rings. The standard InChI is InChI=1S/C35H43N5O9S/c1-6-22-17-35(22,32(43)39-50(45,46)25-12-13-25)38-30(41)26-16-24-18-40(26)31(42)29(34(3,4)5)37-33(44)47-19-20(2)48-23-10-7-9-21(15-23)28-27(49-24)11-8-14-36-28/h6-11,14-15,20,22,24-26,29H,1,12-13,16-19H2,2-5H3,(H,37,44)(H,38,41)(H,39,43)/t20-,22-,24?,26+,29-,35?/m1/s1. The zero-order chi connectivity index (χ0) is 36.0. The van der Waals surface area contributed by atoms with Gasteiger partial charge in [0, 0.05) is 24.1 Å². The van der Waals surface area contributed by atoms with Crippen LogP contribution in [0.25, 0.3) is 11.3 Å². The first kappa shape index (κ1) is 35.2. The van der Waals surface area contributed by atoms with Crippen molar-refractivity contribution < 1.29 is 41.8 Å². The number of amides is 4. The summed E-state index contributed by atoms with van der Waals surface area (Å²) in [5, 5.41) is 4.83. The molecule has 2 aromatic rings. The van der Waals surface area contributed by atoms with E-state index in [2.05, 4.69) is 26.9 Å². The summed E-state index contributed by atoms with van der Waals surface area (Å²) in [4.78, 5) is 61.0. The maximum absolute atomic E-state index is 14.4. The lowest BCUT2D eigenvalue weighted by atomic mass is 9.85. The maximum Gasteiger partial charge on any atom is 0.407 e. The molecule has 3 N–H and O–H groups in total. The third kappa shape index (κ3) is 7.28. The molecule has 2 aliphatic carbocycles. The van der Waals surface area contributed by atoms with Crippen LogP contribution in [0.1, 0.15) is 53.4 Å². The first-order chi connectivity index (χ1) is 23.6. The van der Waals surface area contributed by atoms with Crippen molar-refractivity contribution in [2.24, 2.45) is 11.3 Å². The number of fused-ring (bicyclic) bond motifs is 6. The third-order valence-electron chi connectivity index (χ3n) is 9.43. The normalized spacial score (nSPS) is 28.4. The number of aromatic nitrogens is 1. The molecule has 2 saturated carbocycles. The first-order valence-corrected chi connectivity index (χ1v) is 18.3. The van der Waals surface area contributed by atoms with E-state index in [1.165, 1.54) is 11.0 Å². The fourth-order valence-electron chi connectivity index (χ4n) is 6.43.